The van der Waals surface area contributed by atoms with Gasteiger partial charge in [0, 0.05) is 11.6 Å². The minimum atomic E-state index is 0.234. The topological polar surface area (TPSA) is 30.5 Å². The van der Waals surface area contributed by atoms with Crippen molar-refractivity contribution in [3.8, 4) is 11.5 Å². The van der Waals surface area contributed by atoms with Crippen molar-refractivity contribution < 1.29 is 9.47 Å². The fourth-order valence-electron chi connectivity index (χ4n) is 2.31. The third kappa shape index (κ3) is 4.67. The molecule has 1 rings (SSSR count). The summed E-state index contributed by atoms with van der Waals surface area (Å²) in [5.74, 6) is 1.71. The van der Waals surface area contributed by atoms with Gasteiger partial charge in [-0.25, -0.2) is 0 Å². The van der Waals surface area contributed by atoms with Gasteiger partial charge in [0.05, 0.1) is 18.7 Å². The SMILES string of the molecule is CCNC(CC(C)(C)C)c1cc(OC)c(Br)cc1OC. The van der Waals surface area contributed by atoms with Gasteiger partial charge in [0.15, 0.2) is 0 Å². The molecular weight excluding hydrogens is 318 g/mol. The van der Waals surface area contributed by atoms with Crippen LogP contribution in [0.4, 0.5) is 0 Å². The average Bonchev–Trinajstić information content (AvgIpc) is 2.36. The van der Waals surface area contributed by atoms with Gasteiger partial charge in [0.1, 0.15) is 11.5 Å². The Morgan fingerprint density at radius 3 is 2.20 bits per heavy atom. The van der Waals surface area contributed by atoms with Gasteiger partial charge < -0.3 is 14.8 Å². The van der Waals surface area contributed by atoms with Crippen molar-refractivity contribution in [1.29, 1.82) is 0 Å². The van der Waals surface area contributed by atoms with Crippen molar-refractivity contribution in [2.24, 2.45) is 5.41 Å². The van der Waals surface area contributed by atoms with Gasteiger partial charge in [0.2, 0.25) is 0 Å². The molecule has 0 radical (unpaired) electrons. The quantitative estimate of drug-likeness (QED) is 0.821. The molecule has 1 aromatic rings. The van der Waals surface area contributed by atoms with E-state index in [0.717, 1.165) is 34.5 Å². The van der Waals surface area contributed by atoms with E-state index in [-0.39, 0.29) is 11.5 Å². The highest BCUT2D eigenvalue weighted by atomic mass is 79.9. The third-order valence-electron chi connectivity index (χ3n) is 3.15. The summed E-state index contributed by atoms with van der Waals surface area (Å²) in [5, 5.41) is 3.55. The van der Waals surface area contributed by atoms with E-state index in [1.165, 1.54) is 0 Å². The lowest BCUT2D eigenvalue weighted by Gasteiger charge is -2.28. The molecule has 0 aliphatic carbocycles. The second-order valence-corrected chi connectivity index (χ2v) is 6.96. The predicted molar refractivity (Wildman–Crippen MR) is 87.7 cm³/mol. The van der Waals surface area contributed by atoms with Crippen LogP contribution in [0.25, 0.3) is 0 Å². The zero-order chi connectivity index (χ0) is 15.3. The molecule has 0 bridgehead atoms. The lowest BCUT2D eigenvalue weighted by Crippen LogP contribution is -2.26. The van der Waals surface area contributed by atoms with E-state index in [2.05, 4.69) is 55.0 Å². The van der Waals surface area contributed by atoms with E-state index in [1.54, 1.807) is 14.2 Å². The highest BCUT2D eigenvalue weighted by Crippen LogP contribution is 2.39. The van der Waals surface area contributed by atoms with Crippen molar-refractivity contribution in [1.82, 2.24) is 5.32 Å². The molecule has 1 aromatic carbocycles. The summed E-state index contributed by atoms with van der Waals surface area (Å²) in [6.45, 7) is 9.79. The van der Waals surface area contributed by atoms with Crippen LogP contribution in [-0.4, -0.2) is 20.8 Å². The average molecular weight is 344 g/mol. The van der Waals surface area contributed by atoms with Gasteiger partial charge in [-0.3, -0.25) is 0 Å². The second-order valence-electron chi connectivity index (χ2n) is 6.10. The number of ether oxygens (including phenoxy) is 2. The lowest BCUT2D eigenvalue weighted by atomic mass is 9.85. The molecular formula is C16H26BrNO2. The molecule has 4 heteroatoms. The van der Waals surface area contributed by atoms with Gasteiger partial charge >= 0.3 is 0 Å². The number of hydrogen-bond donors (Lipinski definition) is 1. The van der Waals surface area contributed by atoms with Crippen molar-refractivity contribution in [3.63, 3.8) is 0 Å². The van der Waals surface area contributed by atoms with E-state index in [9.17, 15) is 0 Å². The van der Waals surface area contributed by atoms with E-state index in [0.29, 0.717) is 0 Å². The Hall–Kier alpha value is -0.740. The molecule has 0 saturated heterocycles. The second kappa shape index (κ2) is 7.32. The Morgan fingerprint density at radius 1 is 1.15 bits per heavy atom. The standard InChI is InChI=1S/C16H26BrNO2/c1-7-18-13(10-16(2,3)4)11-8-15(20-6)12(17)9-14(11)19-5/h8-9,13,18H,7,10H2,1-6H3. The van der Waals surface area contributed by atoms with Crippen LogP contribution in [0.2, 0.25) is 0 Å². The van der Waals surface area contributed by atoms with Gasteiger partial charge in [-0.1, -0.05) is 27.7 Å². The van der Waals surface area contributed by atoms with E-state index in [4.69, 9.17) is 9.47 Å². The third-order valence-corrected chi connectivity index (χ3v) is 3.77. The molecule has 0 aliphatic heterocycles. The molecule has 1 atom stereocenters. The summed E-state index contributed by atoms with van der Waals surface area (Å²) in [5.41, 5.74) is 1.38. The van der Waals surface area contributed by atoms with Crippen molar-refractivity contribution in [2.75, 3.05) is 20.8 Å². The number of methoxy groups -OCH3 is 2. The Bertz CT molecular complexity index is 441. The van der Waals surface area contributed by atoms with Crippen LogP contribution < -0.4 is 14.8 Å². The first-order valence-electron chi connectivity index (χ1n) is 6.97. The molecule has 0 heterocycles. The number of rotatable bonds is 6. The fourth-order valence-corrected chi connectivity index (χ4v) is 2.79. The lowest BCUT2D eigenvalue weighted by molar-refractivity contribution is 0.305. The van der Waals surface area contributed by atoms with Crippen LogP contribution in [0.15, 0.2) is 16.6 Å². The highest BCUT2D eigenvalue weighted by Gasteiger charge is 2.23. The van der Waals surface area contributed by atoms with Gasteiger partial charge in [-0.2, -0.15) is 0 Å². The Morgan fingerprint density at radius 2 is 1.75 bits per heavy atom. The maximum Gasteiger partial charge on any atom is 0.133 e. The molecule has 0 fully saturated rings. The Balaban J connectivity index is 3.23. The summed E-state index contributed by atoms with van der Waals surface area (Å²) in [6.07, 6.45) is 1.03. The van der Waals surface area contributed by atoms with Crippen molar-refractivity contribution in [3.05, 3.63) is 22.2 Å². The molecule has 114 valence electrons. The summed E-state index contributed by atoms with van der Waals surface area (Å²) < 4.78 is 11.9. The van der Waals surface area contributed by atoms with Gasteiger partial charge in [-0.15, -0.1) is 0 Å². The smallest absolute Gasteiger partial charge is 0.133 e. The van der Waals surface area contributed by atoms with Crippen LogP contribution >= 0.6 is 15.9 Å². The summed E-state index contributed by atoms with van der Waals surface area (Å²) in [6, 6.07) is 4.28. The predicted octanol–water partition coefficient (Wildman–Crippen LogP) is 4.55. The monoisotopic (exact) mass is 343 g/mol. The summed E-state index contributed by atoms with van der Waals surface area (Å²) in [7, 11) is 3.39. The molecule has 0 spiro atoms. The first-order valence-corrected chi connectivity index (χ1v) is 7.76. The molecule has 3 nitrogen and oxygen atoms in total. The fraction of sp³-hybridized carbons (Fsp3) is 0.625. The first-order chi connectivity index (χ1) is 9.32. The minimum absolute atomic E-state index is 0.234. The summed E-state index contributed by atoms with van der Waals surface area (Å²) >= 11 is 3.51. The number of benzene rings is 1. The maximum atomic E-state index is 5.54. The maximum absolute atomic E-state index is 5.54. The zero-order valence-electron chi connectivity index (χ0n) is 13.3. The first kappa shape index (κ1) is 17.3. The highest BCUT2D eigenvalue weighted by molar-refractivity contribution is 9.10. The van der Waals surface area contributed by atoms with E-state index in [1.807, 2.05) is 6.07 Å². The van der Waals surface area contributed by atoms with Gasteiger partial charge in [0.25, 0.3) is 0 Å². The zero-order valence-corrected chi connectivity index (χ0v) is 14.9. The Labute approximate surface area is 131 Å². The van der Waals surface area contributed by atoms with Crippen LogP contribution in [0.3, 0.4) is 0 Å². The van der Waals surface area contributed by atoms with Crippen LogP contribution in [0.5, 0.6) is 11.5 Å². The molecule has 0 amide bonds. The van der Waals surface area contributed by atoms with E-state index < -0.39 is 0 Å². The molecule has 1 unspecified atom stereocenters. The largest absolute Gasteiger partial charge is 0.496 e. The number of halogens is 1. The van der Waals surface area contributed by atoms with E-state index >= 15 is 0 Å². The number of hydrogen-bond acceptors (Lipinski definition) is 3. The van der Waals surface area contributed by atoms with Crippen LogP contribution in [0, 0.1) is 5.41 Å². The van der Waals surface area contributed by atoms with Crippen molar-refractivity contribution >= 4 is 15.9 Å². The molecule has 1 N–H and O–H groups in total. The van der Waals surface area contributed by atoms with Gasteiger partial charge in [-0.05, 0) is 46.4 Å². The van der Waals surface area contributed by atoms with Crippen molar-refractivity contribution in [2.45, 2.75) is 40.2 Å². The molecule has 0 aromatic heterocycles. The Kier molecular flexibility index (Phi) is 6.34. The minimum Gasteiger partial charge on any atom is -0.496 e. The molecule has 20 heavy (non-hydrogen) atoms. The number of nitrogens with one attached hydrogen (secondary N) is 1. The molecule has 0 saturated carbocycles. The summed E-state index contributed by atoms with van der Waals surface area (Å²) in [4.78, 5) is 0. The molecule has 0 aliphatic rings. The normalized spacial score (nSPS) is 13.2. The van der Waals surface area contributed by atoms with Crippen LogP contribution in [0.1, 0.15) is 45.7 Å². The van der Waals surface area contributed by atoms with Crippen LogP contribution in [-0.2, 0) is 0 Å².